The second-order valence-corrected chi connectivity index (χ2v) is 4.03. The van der Waals surface area contributed by atoms with Crippen molar-refractivity contribution in [2.75, 3.05) is 26.7 Å². The molecular weight excluding hydrogens is 180 g/mol. The van der Waals surface area contributed by atoms with Crippen molar-refractivity contribution in [2.24, 2.45) is 0 Å². The standard InChI is InChI=1S/C10H20N2O2/c1-12-7-4-9(5-8-12)11-6-2-3-10(13)14/h9,11H,2-8H2,1H3,(H,13,14). The third-order valence-corrected chi connectivity index (χ3v) is 2.72. The molecule has 0 atom stereocenters. The van der Waals surface area contributed by atoms with E-state index in [1.807, 2.05) is 0 Å². The van der Waals surface area contributed by atoms with E-state index in [4.69, 9.17) is 5.11 Å². The Labute approximate surface area is 85.3 Å². The van der Waals surface area contributed by atoms with E-state index in [-0.39, 0.29) is 6.42 Å². The van der Waals surface area contributed by atoms with E-state index in [0.29, 0.717) is 6.04 Å². The van der Waals surface area contributed by atoms with Gasteiger partial charge in [-0.2, -0.15) is 0 Å². The van der Waals surface area contributed by atoms with E-state index in [2.05, 4.69) is 17.3 Å². The Balaban J connectivity index is 1.99. The number of piperidine rings is 1. The van der Waals surface area contributed by atoms with Crippen LogP contribution in [0.4, 0.5) is 0 Å². The predicted octanol–water partition coefficient (Wildman–Crippen LogP) is 0.535. The van der Waals surface area contributed by atoms with E-state index in [1.54, 1.807) is 0 Å². The van der Waals surface area contributed by atoms with Gasteiger partial charge in [-0.1, -0.05) is 0 Å². The molecule has 0 saturated carbocycles. The third-order valence-electron chi connectivity index (χ3n) is 2.72. The normalized spacial score (nSPS) is 19.8. The quantitative estimate of drug-likeness (QED) is 0.636. The Hall–Kier alpha value is -0.610. The van der Waals surface area contributed by atoms with Crippen molar-refractivity contribution in [3.05, 3.63) is 0 Å². The Morgan fingerprint density at radius 2 is 2.14 bits per heavy atom. The van der Waals surface area contributed by atoms with Gasteiger partial charge in [0.1, 0.15) is 0 Å². The fraction of sp³-hybridized carbons (Fsp3) is 0.900. The zero-order valence-corrected chi connectivity index (χ0v) is 8.83. The number of carbonyl (C=O) groups is 1. The van der Waals surface area contributed by atoms with Crippen LogP contribution in [0.3, 0.4) is 0 Å². The zero-order chi connectivity index (χ0) is 10.4. The van der Waals surface area contributed by atoms with Gasteiger partial charge >= 0.3 is 5.97 Å². The van der Waals surface area contributed by atoms with Crippen molar-refractivity contribution in [1.82, 2.24) is 10.2 Å². The van der Waals surface area contributed by atoms with Gasteiger partial charge in [-0.3, -0.25) is 4.79 Å². The van der Waals surface area contributed by atoms with Gasteiger partial charge in [-0.05, 0) is 45.9 Å². The van der Waals surface area contributed by atoms with Gasteiger partial charge in [-0.15, -0.1) is 0 Å². The van der Waals surface area contributed by atoms with Gasteiger partial charge in [0.25, 0.3) is 0 Å². The van der Waals surface area contributed by atoms with E-state index < -0.39 is 5.97 Å². The lowest BCUT2D eigenvalue weighted by molar-refractivity contribution is -0.137. The molecule has 14 heavy (non-hydrogen) atoms. The average molecular weight is 200 g/mol. The van der Waals surface area contributed by atoms with Gasteiger partial charge in [-0.25, -0.2) is 0 Å². The van der Waals surface area contributed by atoms with Gasteiger partial charge in [0.05, 0.1) is 0 Å². The van der Waals surface area contributed by atoms with Crippen molar-refractivity contribution in [3.8, 4) is 0 Å². The fourth-order valence-corrected chi connectivity index (χ4v) is 1.76. The van der Waals surface area contributed by atoms with Crippen LogP contribution in [-0.4, -0.2) is 48.7 Å². The third kappa shape index (κ3) is 4.58. The first-order valence-electron chi connectivity index (χ1n) is 5.32. The molecule has 1 rings (SSSR count). The number of nitrogens with zero attached hydrogens (tertiary/aromatic N) is 1. The molecule has 1 aliphatic rings. The van der Waals surface area contributed by atoms with Crippen LogP contribution in [0.25, 0.3) is 0 Å². The molecule has 0 unspecified atom stereocenters. The summed E-state index contributed by atoms with van der Waals surface area (Å²) in [6.07, 6.45) is 3.38. The SMILES string of the molecule is CN1CCC(NCCCC(=O)O)CC1. The zero-order valence-electron chi connectivity index (χ0n) is 8.83. The molecule has 0 radical (unpaired) electrons. The van der Waals surface area contributed by atoms with E-state index in [9.17, 15) is 4.79 Å². The first-order valence-corrected chi connectivity index (χ1v) is 5.32. The van der Waals surface area contributed by atoms with Gasteiger partial charge in [0.2, 0.25) is 0 Å². The van der Waals surface area contributed by atoms with Gasteiger partial charge in [0.15, 0.2) is 0 Å². The molecule has 0 aromatic carbocycles. The number of carboxylic acids is 1. The number of hydrogen-bond acceptors (Lipinski definition) is 3. The lowest BCUT2D eigenvalue weighted by Gasteiger charge is -2.29. The molecule has 0 aromatic rings. The lowest BCUT2D eigenvalue weighted by Crippen LogP contribution is -2.41. The minimum Gasteiger partial charge on any atom is -0.481 e. The summed E-state index contributed by atoms with van der Waals surface area (Å²) >= 11 is 0. The summed E-state index contributed by atoms with van der Waals surface area (Å²) in [6, 6.07) is 0.597. The first-order chi connectivity index (χ1) is 6.68. The molecule has 0 aromatic heterocycles. The van der Waals surface area contributed by atoms with Crippen LogP contribution in [0.2, 0.25) is 0 Å². The second kappa shape index (κ2) is 5.98. The Kier molecular flexibility index (Phi) is 4.90. The molecule has 0 bridgehead atoms. The minimum atomic E-state index is -0.699. The summed E-state index contributed by atoms with van der Waals surface area (Å²) in [5.74, 6) is -0.699. The molecule has 1 fully saturated rings. The molecule has 1 heterocycles. The monoisotopic (exact) mass is 200 g/mol. The summed E-state index contributed by atoms with van der Waals surface area (Å²) in [5, 5.41) is 11.9. The molecule has 0 aliphatic carbocycles. The van der Waals surface area contributed by atoms with Crippen LogP contribution in [0, 0.1) is 0 Å². The van der Waals surface area contributed by atoms with Crippen molar-refractivity contribution < 1.29 is 9.90 Å². The Morgan fingerprint density at radius 1 is 1.50 bits per heavy atom. The van der Waals surface area contributed by atoms with Crippen molar-refractivity contribution in [1.29, 1.82) is 0 Å². The second-order valence-electron chi connectivity index (χ2n) is 4.03. The molecule has 1 aliphatic heterocycles. The van der Waals surface area contributed by atoms with Crippen molar-refractivity contribution in [2.45, 2.75) is 31.7 Å². The van der Waals surface area contributed by atoms with Gasteiger partial charge in [0, 0.05) is 12.5 Å². The number of carboxylic acid groups (broad SMARTS) is 1. The lowest BCUT2D eigenvalue weighted by atomic mass is 10.1. The highest BCUT2D eigenvalue weighted by Crippen LogP contribution is 2.07. The number of nitrogens with one attached hydrogen (secondary N) is 1. The number of hydrogen-bond donors (Lipinski definition) is 2. The van der Waals surface area contributed by atoms with Crippen LogP contribution in [0.15, 0.2) is 0 Å². The van der Waals surface area contributed by atoms with Crippen molar-refractivity contribution >= 4 is 5.97 Å². The molecule has 4 nitrogen and oxygen atoms in total. The Morgan fingerprint density at radius 3 is 2.71 bits per heavy atom. The molecule has 1 saturated heterocycles. The molecule has 2 N–H and O–H groups in total. The molecule has 82 valence electrons. The van der Waals surface area contributed by atoms with E-state index >= 15 is 0 Å². The van der Waals surface area contributed by atoms with E-state index in [1.165, 1.54) is 12.8 Å². The highest BCUT2D eigenvalue weighted by Gasteiger charge is 2.15. The summed E-state index contributed by atoms with van der Waals surface area (Å²) in [5.41, 5.74) is 0. The topological polar surface area (TPSA) is 52.6 Å². The number of likely N-dealkylation sites (tertiary alicyclic amines) is 1. The van der Waals surface area contributed by atoms with Gasteiger partial charge < -0.3 is 15.3 Å². The largest absolute Gasteiger partial charge is 0.481 e. The Bertz CT molecular complexity index is 177. The van der Waals surface area contributed by atoms with Crippen LogP contribution >= 0.6 is 0 Å². The van der Waals surface area contributed by atoms with E-state index in [0.717, 1.165) is 26.1 Å². The number of aliphatic carboxylic acids is 1. The molecule has 0 spiro atoms. The first kappa shape index (κ1) is 11.5. The van der Waals surface area contributed by atoms with Crippen LogP contribution < -0.4 is 5.32 Å². The smallest absolute Gasteiger partial charge is 0.303 e. The maximum absolute atomic E-state index is 10.3. The number of rotatable bonds is 5. The summed E-state index contributed by atoms with van der Waals surface area (Å²) in [7, 11) is 2.14. The maximum atomic E-state index is 10.3. The maximum Gasteiger partial charge on any atom is 0.303 e. The van der Waals surface area contributed by atoms with Crippen molar-refractivity contribution in [3.63, 3.8) is 0 Å². The average Bonchev–Trinajstić information content (AvgIpc) is 2.15. The van der Waals surface area contributed by atoms with Crippen LogP contribution in [0.5, 0.6) is 0 Å². The molecule has 4 heteroatoms. The molecule has 0 amide bonds. The summed E-state index contributed by atoms with van der Waals surface area (Å²) < 4.78 is 0. The fourth-order valence-electron chi connectivity index (χ4n) is 1.76. The predicted molar refractivity (Wildman–Crippen MR) is 55.4 cm³/mol. The van der Waals surface area contributed by atoms with Crippen LogP contribution in [-0.2, 0) is 4.79 Å². The highest BCUT2D eigenvalue weighted by atomic mass is 16.4. The highest BCUT2D eigenvalue weighted by molar-refractivity contribution is 5.66. The summed E-state index contributed by atoms with van der Waals surface area (Å²) in [4.78, 5) is 12.6. The van der Waals surface area contributed by atoms with Crippen LogP contribution in [0.1, 0.15) is 25.7 Å². The minimum absolute atomic E-state index is 0.277. The molecular formula is C10H20N2O2. The summed E-state index contributed by atoms with van der Waals surface area (Å²) in [6.45, 7) is 3.13.